The van der Waals surface area contributed by atoms with Crippen molar-refractivity contribution in [3.8, 4) is 0 Å². The van der Waals surface area contributed by atoms with Crippen LogP contribution in [0, 0.1) is 6.92 Å². The summed E-state index contributed by atoms with van der Waals surface area (Å²) in [6.45, 7) is 2.55. The maximum absolute atomic E-state index is 13.3. The van der Waals surface area contributed by atoms with Crippen molar-refractivity contribution in [2.45, 2.75) is 25.0 Å². The summed E-state index contributed by atoms with van der Waals surface area (Å²) in [6, 6.07) is 24.1. The highest BCUT2D eigenvalue weighted by molar-refractivity contribution is 9.10. The van der Waals surface area contributed by atoms with Crippen molar-refractivity contribution < 1.29 is 13.3 Å². The molecule has 0 N–H and O–H groups in total. The van der Waals surface area contributed by atoms with E-state index < -0.39 is 10.0 Å². The van der Waals surface area contributed by atoms with Gasteiger partial charge < -0.3 is 4.84 Å². The molecule has 7 heteroatoms. The quantitative estimate of drug-likeness (QED) is 0.310. The fourth-order valence-corrected chi connectivity index (χ4v) is 4.55. The highest BCUT2D eigenvalue weighted by atomic mass is 79.9. The number of aryl methyl sites for hydroxylation is 1. The fourth-order valence-electron chi connectivity index (χ4n) is 2.79. The Morgan fingerprint density at radius 2 is 1.63 bits per heavy atom. The molecule has 3 aromatic carbocycles. The normalized spacial score (nSPS) is 11.8. The molecule has 0 saturated heterocycles. The first-order valence-electron chi connectivity index (χ1n) is 9.45. The molecule has 0 aromatic heterocycles. The zero-order valence-corrected chi connectivity index (χ0v) is 19.0. The van der Waals surface area contributed by atoms with Crippen LogP contribution < -0.4 is 0 Å². The fraction of sp³-hybridized carbons (Fsp3) is 0.174. The lowest BCUT2D eigenvalue weighted by Gasteiger charge is -2.21. The lowest BCUT2D eigenvalue weighted by Crippen LogP contribution is -2.32. The Hall–Kier alpha value is -2.48. The molecule has 0 saturated carbocycles. The first-order valence-corrected chi connectivity index (χ1v) is 11.7. The first kappa shape index (κ1) is 22.2. The van der Waals surface area contributed by atoms with Gasteiger partial charge in [0.2, 0.25) is 10.0 Å². The molecule has 5 nitrogen and oxygen atoms in total. The van der Waals surface area contributed by atoms with Gasteiger partial charge in [0.1, 0.15) is 6.61 Å². The smallest absolute Gasteiger partial charge is 0.243 e. The third-order valence-electron chi connectivity index (χ3n) is 4.47. The lowest BCUT2D eigenvalue weighted by molar-refractivity contribution is 0.131. The SMILES string of the molecule is Cc1ccc(S(=O)(=O)N(C/C=N/OCc2ccccc2)Cc2ccccc2Br)cc1. The van der Waals surface area contributed by atoms with Gasteiger partial charge in [0.05, 0.1) is 17.7 Å². The van der Waals surface area contributed by atoms with Gasteiger partial charge in [0, 0.05) is 11.0 Å². The summed E-state index contributed by atoms with van der Waals surface area (Å²) < 4.78 is 28.7. The van der Waals surface area contributed by atoms with Crippen LogP contribution in [0.25, 0.3) is 0 Å². The average Bonchev–Trinajstić information content (AvgIpc) is 2.75. The largest absolute Gasteiger partial charge is 0.391 e. The molecular formula is C23H23BrN2O3S. The van der Waals surface area contributed by atoms with E-state index in [4.69, 9.17) is 4.84 Å². The Morgan fingerprint density at radius 3 is 2.33 bits per heavy atom. The standard InChI is InChI=1S/C23H23BrN2O3S/c1-19-11-13-22(14-12-19)30(27,28)26(17-21-9-5-6-10-23(21)24)16-15-25-29-18-20-7-3-2-4-8-20/h2-15H,16-18H2,1H3/b25-15+. The van der Waals surface area contributed by atoms with E-state index in [9.17, 15) is 8.42 Å². The van der Waals surface area contributed by atoms with Gasteiger partial charge in [-0.3, -0.25) is 0 Å². The molecule has 0 fully saturated rings. The van der Waals surface area contributed by atoms with E-state index in [0.29, 0.717) is 6.61 Å². The summed E-state index contributed by atoms with van der Waals surface area (Å²) in [6.07, 6.45) is 1.48. The summed E-state index contributed by atoms with van der Waals surface area (Å²) in [5.74, 6) is 0. The summed E-state index contributed by atoms with van der Waals surface area (Å²) in [4.78, 5) is 5.57. The third-order valence-corrected chi connectivity index (χ3v) is 7.07. The van der Waals surface area contributed by atoms with E-state index in [2.05, 4.69) is 21.1 Å². The molecule has 0 atom stereocenters. The second-order valence-corrected chi connectivity index (χ2v) is 9.54. The van der Waals surface area contributed by atoms with E-state index in [1.165, 1.54) is 10.5 Å². The van der Waals surface area contributed by atoms with Crippen LogP contribution in [-0.2, 0) is 28.0 Å². The van der Waals surface area contributed by atoms with Gasteiger partial charge in [0.15, 0.2) is 0 Å². The van der Waals surface area contributed by atoms with Crippen LogP contribution in [-0.4, -0.2) is 25.5 Å². The number of hydrogen-bond acceptors (Lipinski definition) is 4. The Bertz CT molecular complexity index is 1080. The molecule has 30 heavy (non-hydrogen) atoms. The van der Waals surface area contributed by atoms with Gasteiger partial charge in [-0.05, 0) is 36.2 Å². The van der Waals surface area contributed by atoms with Gasteiger partial charge in [0.25, 0.3) is 0 Å². The van der Waals surface area contributed by atoms with Crippen LogP contribution in [0.5, 0.6) is 0 Å². The topological polar surface area (TPSA) is 59.0 Å². The van der Waals surface area contributed by atoms with Crippen molar-refractivity contribution >= 4 is 32.2 Å². The predicted molar refractivity (Wildman–Crippen MR) is 123 cm³/mol. The zero-order chi connectivity index (χ0) is 21.4. The molecular weight excluding hydrogens is 464 g/mol. The molecule has 0 aliphatic heterocycles. The minimum atomic E-state index is -3.71. The van der Waals surface area contributed by atoms with Crippen molar-refractivity contribution in [3.63, 3.8) is 0 Å². The van der Waals surface area contributed by atoms with E-state index in [1.807, 2.05) is 61.5 Å². The Morgan fingerprint density at radius 1 is 0.967 bits per heavy atom. The molecule has 3 aromatic rings. The summed E-state index contributed by atoms with van der Waals surface area (Å²) in [7, 11) is -3.71. The van der Waals surface area contributed by atoms with Crippen LogP contribution in [0.1, 0.15) is 16.7 Å². The second kappa shape index (κ2) is 10.5. The highest BCUT2D eigenvalue weighted by Gasteiger charge is 2.24. The molecule has 0 bridgehead atoms. The molecule has 156 valence electrons. The van der Waals surface area contributed by atoms with Crippen LogP contribution >= 0.6 is 15.9 Å². The van der Waals surface area contributed by atoms with Crippen molar-refractivity contribution in [3.05, 3.63) is 100 Å². The average molecular weight is 487 g/mol. The van der Waals surface area contributed by atoms with Crippen LogP contribution in [0.4, 0.5) is 0 Å². The van der Waals surface area contributed by atoms with E-state index in [-0.39, 0.29) is 18.0 Å². The number of nitrogens with zero attached hydrogens (tertiary/aromatic N) is 2. The maximum Gasteiger partial charge on any atom is 0.243 e. The van der Waals surface area contributed by atoms with Crippen molar-refractivity contribution in [2.75, 3.05) is 6.54 Å². The summed E-state index contributed by atoms with van der Waals surface area (Å²) in [5, 5.41) is 3.95. The zero-order valence-electron chi connectivity index (χ0n) is 16.6. The van der Waals surface area contributed by atoms with E-state index in [1.54, 1.807) is 24.3 Å². The number of oxime groups is 1. The molecule has 0 unspecified atom stereocenters. The van der Waals surface area contributed by atoms with Crippen molar-refractivity contribution in [2.24, 2.45) is 5.16 Å². The van der Waals surface area contributed by atoms with Crippen LogP contribution in [0.15, 0.2) is 93.4 Å². The molecule has 0 aliphatic carbocycles. The molecule has 0 aliphatic rings. The third kappa shape index (κ3) is 6.01. The van der Waals surface area contributed by atoms with Gasteiger partial charge in [-0.1, -0.05) is 87.3 Å². The minimum Gasteiger partial charge on any atom is -0.391 e. The van der Waals surface area contributed by atoms with E-state index >= 15 is 0 Å². The molecule has 0 heterocycles. The number of benzene rings is 3. The lowest BCUT2D eigenvalue weighted by atomic mass is 10.2. The van der Waals surface area contributed by atoms with Crippen molar-refractivity contribution in [1.82, 2.24) is 4.31 Å². The molecule has 0 spiro atoms. The monoisotopic (exact) mass is 486 g/mol. The second-order valence-electron chi connectivity index (χ2n) is 6.75. The predicted octanol–water partition coefficient (Wildman–Crippen LogP) is 5.15. The van der Waals surface area contributed by atoms with Crippen LogP contribution in [0.3, 0.4) is 0 Å². The Balaban J connectivity index is 1.76. The van der Waals surface area contributed by atoms with Gasteiger partial charge in [-0.2, -0.15) is 4.31 Å². The molecule has 0 radical (unpaired) electrons. The number of sulfonamides is 1. The summed E-state index contributed by atoms with van der Waals surface area (Å²) >= 11 is 3.50. The van der Waals surface area contributed by atoms with Gasteiger partial charge in [-0.15, -0.1) is 0 Å². The number of halogens is 1. The van der Waals surface area contributed by atoms with Crippen molar-refractivity contribution in [1.29, 1.82) is 0 Å². The Kier molecular flexibility index (Phi) is 7.79. The van der Waals surface area contributed by atoms with Crippen LogP contribution in [0.2, 0.25) is 0 Å². The number of hydrogen-bond donors (Lipinski definition) is 0. The molecule has 0 amide bonds. The molecule has 3 rings (SSSR count). The Labute approximate surface area is 186 Å². The van der Waals surface area contributed by atoms with Gasteiger partial charge in [-0.25, -0.2) is 8.42 Å². The van der Waals surface area contributed by atoms with Gasteiger partial charge >= 0.3 is 0 Å². The number of rotatable bonds is 9. The summed E-state index contributed by atoms with van der Waals surface area (Å²) in [5.41, 5.74) is 2.86. The first-order chi connectivity index (χ1) is 14.5. The minimum absolute atomic E-state index is 0.0896. The van der Waals surface area contributed by atoms with E-state index in [0.717, 1.165) is 21.2 Å². The highest BCUT2D eigenvalue weighted by Crippen LogP contribution is 2.22. The maximum atomic E-state index is 13.3.